The number of allylic oxidation sites excluding steroid dienone is 1. The Labute approximate surface area is 179 Å². The van der Waals surface area contributed by atoms with E-state index in [4.69, 9.17) is 11.6 Å². The summed E-state index contributed by atoms with van der Waals surface area (Å²) in [6.07, 6.45) is 6.41. The maximum Gasteiger partial charge on any atom is 0.265 e. The number of nitrogens with one attached hydrogen (secondary N) is 1. The molecule has 5 rings (SSSR count). The van der Waals surface area contributed by atoms with Crippen LogP contribution in [0, 0.1) is 0 Å². The first-order chi connectivity index (χ1) is 14.6. The van der Waals surface area contributed by atoms with Crippen molar-refractivity contribution in [2.75, 3.05) is 0 Å². The number of H-pyrrole nitrogens is 1. The molecule has 0 saturated carbocycles. The first-order valence-electron chi connectivity index (χ1n) is 9.01. The van der Waals surface area contributed by atoms with Crippen LogP contribution in [0.2, 0.25) is 5.02 Å². The van der Waals surface area contributed by atoms with Crippen LogP contribution in [0.1, 0.15) is 15.4 Å². The number of aromatic nitrogens is 4. The fourth-order valence-electron chi connectivity index (χ4n) is 3.32. The Morgan fingerprint density at radius 1 is 1.13 bits per heavy atom. The quantitative estimate of drug-likeness (QED) is 0.324. The van der Waals surface area contributed by atoms with E-state index in [1.54, 1.807) is 42.0 Å². The van der Waals surface area contributed by atoms with Crippen LogP contribution in [0.4, 0.5) is 0 Å². The van der Waals surface area contributed by atoms with Crippen LogP contribution < -0.4 is 5.56 Å². The summed E-state index contributed by atoms with van der Waals surface area (Å²) in [4.78, 5) is 38.1. The highest BCUT2D eigenvalue weighted by Crippen LogP contribution is 2.24. The molecule has 2 aromatic carbocycles. The topological polar surface area (TPSA) is 80.6 Å². The van der Waals surface area contributed by atoms with Gasteiger partial charge in [0.15, 0.2) is 5.01 Å². The summed E-state index contributed by atoms with van der Waals surface area (Å²) in [7, 11) is 0. The summed E-state index contributed by atoms with van der Waals surface area (Å²) in [5.74, 6) is -0.354. The molecule has 0 spiro atoms. The Kier molecular flexibility index (Phi) is 4.54. The van der Waals surface area contributed by atoms with Gasteiger partial charge in [-0.05, 0) is 30.3 Å². The molecule has 0 radical (unpaired) electrons. The van der Waals surface area contributed by atoms with Crippen molar-refractivity contribution in [3.05, 3.63) is 92.5 Å². The highest BCUT2D eigenvalue weighted by atomic mass is 35.5. The van der Waals surface area contributed by atoms with Gasteiger partial charge in [0.25, 0.3) is 5.56 Å². The van der Waals surface area contributed by atoms with E-state index in [1.165, 1.54) is 22.2 Å². The largest absolute Gasteiger partial charge is 0.361 e. The maximum absolute atomic E-state index is 13.3. The van der Waals surface area contributed by atoms with Gasteiger partial charge in [-0.1, -0.05) is 29.8 Å². The van der Waals surface area contributed by atoms with Crippen molar-refractivity contribution in [3.63, 3.8) is 0 Å². The summed E-state index contributed by atoms with van der Waals surface area (Å²) in [5, 5.41) is 3.82. The Balaban J connectivity index is 1.76. The number of benzene rings is 2. The molecule has 6 nitrogen and oxygen atoms in total. The van der Waals surface area contributed by atoms with Gasteiger partial charge in [0, 0.05) is 39.3 Å². The molecule has 3 heterocycles. The van der Waals surface area contributed by atoms with Gasteiger partial charge in [-0.15, -0.1) is 11.3 Å². The van der Waals surface area contributed by atoms with Gasteiger partial charge in [0.1, 0.15) is 12.0 Å². The number of ketones is 1. The fraction of sp³-hybridized carbons (Fsp3) is 0. The van der Waals surface area contributed by atoms with Gasteiger partial charge in [0.2, 0.25) is 5.78 Å². The maximum atomic E-state index is 13.3. The number of hydrogen-bond acceptors (Lipinski definition) is 5. The highest BCUT2D eigenvalue weighted by Gasteiger charge is 2.20. The lowest BCUT2D eigenvalue weighted by molar-refractivity contribution is 0.105. The zero-order chi connectivity index (χ0) is 20.7. The molecule has 5 aromatic rings. The summed E-state index contributed by atoms with van der Waals surface area (Å²) in [6.45, 7) is 0. The monoisotopic (exact) mass is 432 g/mol. The molecule has 0 saturated heterocycles. The molecule has 0 amide bonds. The Morgan fingerprint density at radius 2 is 2.00 bits per heavy atom. The SMILES string of the molecule is O=C(/C(=C/c1c[nH]c2ccccc12)n1cnc2cc(Cl)ccc2c1=O)c1nccs1. The molecule has 0 atom stereocenters. The van der Waals surface area contributed by atoms with Crippen molar-refractivity contribution in [2.24, 2.45) is 0 Å². The molecule has 0 fully saturated rings. The lowest BCUT2D eigenvalue weighted by Gasteiger charge is -2.10. The molecule has 1 N–H and O–H groups in total. The van der Waals surface area contributed by atoms with E-state index in [2.05, 4.69) is 15.0 Å². The average Bonchev–Trinajstić information content (AvgIpc) is 3.43. The minimum atomic E-state index is -0.354. The summed E-state index contributed by atoms with van der Waals surface area (Å²) in [5.41, 5.74) is 2.01. The smallest absolute Gasteiger partial charge is 0.265 e. The van der Waals surface area contributed by atoms with Crippen LogP contribution in [0.15, 0.2) is 71.4 Å². The number of rotatable bonds is 4. The van der Waals surface area contributed by atoms with E-state index in [9.17, 15) is 9.59 Å². The third kappa shape index (κ3) is 3.14. The van der Waals surface area contributed by atoms with Gasteiger partial charge in [-0.25, -0.2) is 9.97 Å². The number of Topliss-reactive ketones (excluding diaryl/α,β-unsaturated/α-hetero) is 1. The molecule has 0 bridgehead atoms. The van der Waals surface area contributed by atoms with Crippen LogP contribution in [0.25, 0.3) is 33.6 Å². The number of carbonyl (C=O) groups is 1. The molecule has 0 unspecified atom stereocenters. The molecule has 146 valence electrons. The fourth-order valence-corrected chi connectivity index (χ4v) is 4.07. The Morgan fingerprint density at radius 3 is 2.83 bits per heavy atom. The Hall–Kier alpha value is -3.55. The Bertz CT molecular complexity index is 1500. The number of para-hydroxylation sites is 1. The number of thiazole rings is 1. The standard InChI is InChI=1S/C22H13ClN4O2S/c23-14-5-6-16-18(10-14)26-12-27(22(16)29)19(20(28)21-24-7-8-30-21)9-13-11-25-17-4-2-1-3-15(13)17/h1-12,25H/b19-9-. The van der Waals surface area contributed by atoms with Gasteiger partial charge in [-0.3, -0.25) is 14.2 Å². The van der Waals surface area contributed by atoms with Crippen LogP contribution in [-0.2, 0) is 0 Å². The van der Waals surface area contributed by atoms with Crippen LogP contribution in [0.3, 0.4) is 0 Å². The summed E-state index contributed by atoms with van der Waals surface area (Å²) >= 11 is 7.24. The molecule has 30 heavy (non-hydrogen) atoms. The van der Waals surface area contributed by atoms with E-state index in [0.29, 0.717) is 20.9 Å². The molecular formula is C22H13ClN4O2S. The van der Waals surface area contributed by atoms with Crippen molar-refractivity contribution < 1.29 is 4.79 Å². The summed E-state index contributed by atoms with van der Waals surface area (Å²) < 4.78 is 1.27. The van der Waals surface area contributed by atoms with Crippen LogP contribution in [-0.4, -0.2) is 25.3 Å². The van der Waals surface area contributed by atoms with E-state index in [-0.39, 0.29) is 17.0 Å². The third-order valence-corrected chi connectivity index (χ3v) is 5.76. The normalized spacial score (nSPS) is 12.0. The van der Waals surface area contributed by atoms with Gasteiger partial charge < -0.3 is 4.98 Å². The van der Waals surface area contributed by atoms with Crippen LogP contribution >= 0.6 is 22.9 Å². The third-order valence-electron chi connectivity index (χ3n) is 4.75. The lowest BCUT2D eigenvalue weighted by atomic mass is 10.1. The molecule has 0 aliphatic carbocycles. The van der Waals surface area contributed by atoms with E-state index in [0.717, 1.165) is 16.5 Å². The number of carbonyl (C=O) groups excluding carboxylic acids is 1. The van der Waals surface area contributed by atoms with Gasteiger partial charge in [-0.2, -0.15) is 0 Å². The number of aromatic amines is 1. The van der Waals surface area contributed by atoms with Crippen molar-refractivity contribution >= 4 is 62.3 Å². The average molecular weight is 433 g/mol. The number of halogens is 1. The van der Waals surface area contributed by atoms with E-state index in [1.807, 2.05) is 24.3 Å². The second-order valence-electron chi connectivity index (χ2n) is 6.57. The lowest BCUT2D eigenvalue weighted by Crippen LogP contribution is -2.23. The highest BCUT2D eigenvalue weighted by molar-refractivity contribution is 7.12. The number of fused-ring (bicyclic) bond motifs is 2. The molecule has 0 aliphatic heterocycles. The minimum Gasteiger partial charge on any atom is -0.361 e. The second kappa shape index (κ2) is 7.37. The molecule has 0 aliphatic rings. The van der Waals surface area contributed by atoms with Gasteiger partial charge in [0.05, 0.1) is 10.9 Å². The number of hydrogen-bond donors (Lipinski definition) is 1. The van der Waals surface area contributed by atoms with Gasteiger partial charge >= 0.3 is 0 Å². The predicted molar refractivity (Wildman–Crippen MR) is 120 cm³/mol. The van der Waals surface area contributed by atoms with E-state index < -0.39 is 0 Å². The van der Waals surface area contributed by atoms with Crippen molar-refractivity contribution in [2.45, 2.75) is 0 Å². The zero-order valence-electron chi connectivity index (χ0n) is 15.4. The molecular weight excluding hydrogens is 420 g/mol. The first-order valence-corrected chi connectivity index (χ1v) is 10.3. The van der Waals surface area contributed by atoms with Crippen molar-refractivity contribution in [1.82, 2.24) is 19.5 Å². The molecule has 3 aromatic heterocycles. The molecule has 8 heteroatoms. The van der Waals surface area contributed by atoms with Crippen molar-refractivity contribution in [1.29, 1.82) is 0 Å². The minimum absolute atomic E-state index is 0.170. The van der Waals surface area contributed by atoms with Crippen molar-refractivity contribution in [3.8, 4) is 0 Å². The van der Waals surface area contributed by atoms with E-state index >= 15 is 0 Å². The zero-order valence-corrected chi connectivity index (χ0v) is 16.9. The predicted octanol–water partition coefficient (Wildman–Crippen LogP) is 4.87. The second-order valence-corrected chi connectivity index (χ2v) is 7.90. The van der Waals surface area contributed by atoms with Crippen LogP contribution in [0.5, 0.6) is 0 Å². The number of nitrogens with zero attached hydrogens (tertiary/aromatic N) is 3. The first kappa shape index (κ1) is 18.5. The summed E-state index contributed by atoms with van der Waals surface area (Å²) in [6, 6.07) is 12.6.